The summed E-state index contributed by atoms with van der Waals surface area (Å²) in [5, 5.41) is 0. The van der Waals surface area contributed by atoms with E-state index in [1.54, 1.807) is 12.0 Å². The minimum Gasteiger partial charge on any atom is -0.496 e. The summed E-state index contributed by atoms with van der Waals surface area (Å²) in [5.74, 6) is 1.75. The normalized spacial score (nSPS) is 23.7. The van der Waals surface area contributed by atoms with Crippen LogP contribution in [-0.4, -0.2) is 26.5 Å². The van der Waals surface area contributed by atoms with Crippen LogP contribution in [0.15, 0.2) is 18.2 Å². The Bertz CT molecular complexity index is 409. The Morgan fingerprint density at radius 1 is 1.39 bits per heavy atom. The van der Waals surface area contributed by atoms with E-state index in [4.69, 9.17) is 4.74 Å². The summed E-state index contributed by atoms with van der Waals surface area (Å²) >= 11 is 0. The van der Waals surface area contributed by atoms with Gasteiger partial charge in [-0.05, 0) is 37.0 Å². The highest BCUT2D eigenvalue weighted by Crippen LogP contribution is 2.18. The van der Waals surface area contributed by atoms with Gasteiger partial charge in [0.25, 0.3) is 0 Å². The Morgan fingerprint density at radius 2 is 2.11 bits per heavy atom. The number of hydrogen-bond acceptors (Lipinski definition) is 2. The number of hydrogen-bond donors (Lipinski definition) is 1. The van der Waals surface area contributed by atoms with E-state index in [2.05, 4.69) is 6.92 Å². The van der Waals surface area contributed by atoms with Gasteiger partial charge in [0, 0.05) is 11.1 Å². The van der Waals surface area contributed by atoms with Gasteiger partial charge in [0.15, 0.2) is 0 Å². The van der Waals surface area contributed by atoms with Crippen molar-refractivity contribution in [3.63, 3.8) is 0 Å². The van der Waals surface area contributed by atoms with E-state index in [0.29, 0.717) is 0 Å². The van der Waals surface area contributed by atoms with Gasteiger partial charge in [0.05, 0.1) is 20.2 Å². The van der Waals surface area contributed by atoms with Crippen LogP contribution >= 0.6 is 0 Å². The predicted octanol–water partition coefficient (Wildman–Crippen LogP) is 1.32. The van der Waals surface area contributed by atoms with E-state index in [-0.39, 0.29) is 0 Å². The molecule has 1 saturated heterocycles. The van der Waals surface area contributed by atoms with Gasteiger partial charge < -0.3 is 9.64 Å². The molecule has 2 rings (SSSR count). The van der Waals surface area contributed by atoms with E-state index in [0.717, 1.165) is 35.6 Å². The molecule has 1 aromatic rings. The number of piperidine rings is 1. The quantitative estimate of drug-likeness (QED) is 0.815. The lowest BCUT2D eigenvalue weighted by Crippen LogP contribution is -3.11. The highest BCUT2D eigenvalue weighted by molar-refractivity contribution is 5.75. The molecular formula is C15H22NO2+. The summed E-state index contributed by atoms with van der Waals surface area (Å²) in [7, 11) is 1.69. The third-order valence-corrected chi connectivity index (χ3v) is 3.86. The third-order valence-electron chi connectivity index (χ3n) is 3.86. The van der Waals surface area contributed by atoms with Gasteiger partial charge in [0.1, 0.15) is 18.6 Å². The van der Waals surface area contributed by atoms with Gasteiger partial charge in [-0.1, -0.05) is 6.92 Å². The average Bonchev–Trinajstić information content (AvgIpc) is 2.41. The molecule has 1 aliphatic heterocycles. The third kappa shape index (κ3) is 3.10. The van der Waals surface area contributed by atoms with Crippen LogP contribution in [0, 0.1) is 5.92 Å². The number of rotatable bonds is 4. The van der Waals surface area contributed by atoms with Crippen LogP contribution in [-0.2, 0) is 6.54 Å². The van der Waals surface area contributed by atoms with Crippen LogP contribution in [0.3, 0.4) is 0 Å². The number of nitrogens with one attached hydrogen (secondary N) is 1. The molecule has 18 heavy (non-hydrogen) atoms. The number of aldehydes is 1. The van der Waals surface area contributed by atoms with E-state index in [1.807, 2.05) is 18.2 Å². The summed E-state index contributed by atoms with van der Waals surface area (Å²) in [6.07, 6.45) is 3.49. The van der Waals surface area contributed by atoms with Crippen LogP contribution in [0.1, 0.15) is 35.7 Å². The lowest BCUT2D eigenvalue weighted by Gasteiger charge is -2.27. The van der Waals surface area contributed by atoms with Gasteiger partial charge in [0.2, 0.25) is 0 Å². The zero-order valence-corrected chi connectivity index (χ0v) is 11.2. The minimum atomic E-state index is 0.732. The van der Waals surface area contributed by atoms with Crippen molar-refractivity contribution < 1.29 is 14.4 Å². The molecule has 1 N–H and O–H groups in total. The van der Waals surface area contributed by atoms with Gasteiger partial charge >= 0.3 is 0 Å². The maximum atomic E-state index is 10.8. The van der Waals surface area contributed by atoms with Crippen molar-refractivity contribution in [3.8, 4) is 5.75 Å². The zero-order valence-electron chi connectivity index (χ0n) is 11.2. The standard InChI is InChI=1S/C15H21NO2/c1-12-5-7-16(8-6-12)10-14-9-13(11-17)3-4-15(14)18-2/h3-4,9,11-12H,5-8,10H2,1-2H3/p+1. The van der Waals surface area contributed by atoms with Crippen LogP contribution in [0.4, 0.5) is 0 Å². The van der Waals surface area contributed by atoms with E-state index in [1.165, 1.54) is 25.9 Å². The first-order valence-corrected chi connectivity index (χ1v) is 6.68. The number of likely N-dealkylation sites (tertiary alicyclic amines) is 1. The summed E-state index contributed by atoms with van der Waals surface area (Å²) in [6.45, 7) is 5.72. The second kappa shape index (κ2) is 6.01. The first-order valence-electron chi connectivity index (χ1n) is 6.68. The van der Waals surface area contributed by atoms with Gasteiger partial charge in [-0.3, -0.25) is 4.79 Å². The lowest BCUT2D eigenvalue weighted by atomic mass is 9.98. The molecule has 0 spiro atoms. The lowest BCUT2D eigenvalue weighted by molar-refractivity contribution is -0.919. The highest BCUT2D eigenvalue weighted by Gasteiger charge is 2.20. The molecule has 1 aromatic carbocycles. The molecule has 1 heterocycles. The summed E-state index contributed by atoms with van der Waals surface area (Å²) in [4.78, 5) is 12.4. The number of quaternary nitrogens is 1. The molecule has 0 unspecified atom stereocenters. The van der Waals surface area contributed by atoms with E-state index < -0.39 is 0 Å². The summed E-state index contributed by atoms with van der Waals surface area (Å²) in [5.41, 5.74) is 1.88. The largest absolute Gasteiger partial charge is 0.496 e. The first-order chi connectivity index (χ1) is 8.72. The molecule has 0 aromatic heterocycles. The van der Waals surface area contributed by atoms with Crippen molar-refractivity contribution in [2.45, 2.75) is 26.3 Å². The van der Waals surface area contributed by atoms with Crippen LogP contribution in [0.5, 0.6) is 5.75 Å². The number of methoxy groups -OCH3 is 1. The van der Waals surface area contributed by atoms with Gasteiger partial charge in [-0.15, -0.1) is 0 Å². The van der Waals surface area contributed by atoms with Crippen LogP contribution in [0.2, 0.25) is 0 Å². The molecular weight excluding hydrogens is 226 g/mol. The topological polar surface area (TPSA) is 30.7 Å². The fourth-order valence-electron chi connectivity index (χ4n) is 2.63. The van der Waals surface area contributed by atoms with E-state index in [9.17, 15) is 4.79 Å². The van der Waals surface area contributed by atoms with Crippen LogP contribution in [0.25, 0.3) is 0 Å². The van der Waals surface area contributed by atoms with Gasteiger partial charge in [-0.25, -0.2) is 0 Å². The van der Waals surface area contributed by atoms with Crippen molar-refractivity contribution in [1.29, 1.82) is 0 Å². The molecule has 0 aliphatic carbocycles. The number of carbonyl (C=O) groups excluding carboxylic acids is 1. The predicted molar refractivity (Wildman–Crippen MR) is 71.2 cm³/mol. The Balaban J connectivity index is 2.09. The molecule has 1 aliphatic rings. The first kappa shape index (κ1) is 13.1. The fraction of sp³-hybridized carbons (Fsp3) is 0.533. The Labute approximate surface area is 109 Å². The molecule has 3 nitrogen and oxygen atoms in total. The number of ether oxygens (including phenoxy) is 1. The van der Waals surface area contributed by atoms with Gasteiger partial charge in [-0.2, -0.15) is 0 Å². The zero-order chi connectivity index (χ0) is 13.0. The second-order valence-electron chi connectivity index (χ2n) is 5.30. The number of benzene rings is 1. The number of carbonyl (C=O) groups is 1. The molecule has 0 saturated carbocycles. The second-order valence-corrected chi connectivity index (χ2v) is 5.30. The van der Waals surface area contributed by atoms with E-state index >= 15 is 0 Å². The maximum Gasteiger partial charge on any atom is 0.150 e. The molecule has 0 radical (unpaired) electrons. The Morgan fingerprint density at radius 3 is 2.72 bits per heavy atom. The Hall–Kier alpha value is -1.35. The smallest absolute Gasteiger partial charge is 0.150 e. The maximum absolute atomic E-state index is 10.8. The molecule has 3 heteroatoms. The van der Waals surface area contributed by atoms with Crippen molar-refractivity contribution >= 4 is 6.29 Å². The van der Waals surface area contributed by atoms with Crippen molar-refractivity contribution in [2.24, 2.45) is 5.92 Å². The minimum absolute atomic E-state index is 0.732. The summed E-state index contributed by atoms with van der Waals surface area (Å²) < 4.78 is 5.38. The molecule has 0 amide bonds. The van der Waals surface area contributed by atoms with Crippen molar-refractivity contribution in [2.75, 3.05) is 20.2 Å². The fourth-order valence-corrected chi connectivity index (χ4v) is 2.63. The van der Waals surface area contributed by atoms with Crippen LogP contribution < -0.4 is 9.64 Å². The average molecular weight is 248 g/mol. The molecule has 98 valence electrons. The molecule has 0 bridgehead atoms. The summed E-state index contributed by atoms with van der Waals surface area (Å²) in [6, 6.07) is 5.66. The van der Waals surface area contributed by atoms with Crippen molar-refractivity contribution in [3.05, 3.63) is 29.3 Å². The Kier molecular flexibility index (Phi) is 4.37. The van der Waals surface area contributed by atoms with Crippen molar-refractivity contribution in [1.82, 2.24) is 0 Å². The molecule has 1 fully saturated rings. The monoisotopic (exact) mass is 248 g/mol. The SMILES string of the molecule is COc1ccc(C=O)cc1C[NH+]1CCC(C)CC1. The highest BCUT2D eigenvalue weighted by atomic mass is 16.5. The molecule has 0 atom stereocenters.